The van der Waals surface area contributed by atoms with Crippen molar-refractivity contribution in [1.82, 2.24) is 0 Å². The first kappa shape index (κ1) is 17.9. The van der Waals surface area contributed by atoms with Crippen LogP contribution in [0, 0.1) is 35.2 Å². The van der Waals surface area contributed by atoms with Crippen LogP contribution in [0.2, 0.25) is 0 Å². The standard InChI is InChI=1S/C21H25F3O2/c22-17-9-16(10-18(23)21(17)24)14-3-1-12(2-4-14)13-5-7-15(8-6-13)19-11-20(25)26-19/h9-10,12-15,19H,1-8,11H2. The number of ether oxygens (including phenoxy) is 1. The van der Waals surface area contributed by atoms with Crippen LogP contribution in [-0.4, -0.2) is 12.1 Å². The lowest BCUT2D eigenvalue weighted by Crippen LogP contribution is -2.41. The Labute approximate surface area is 152 Å². The SMILES string of the molecule is O=C1CC(C2CCC(C3CCC(c4cc(F)c(F)c(F)c4)CC3)CC2)O1. The molecule has 0 radical (unpaired) electrons. The maximum Gasteiger partial charge on any atom is 0.309 e. The lowest BCUT2D eigenvalue weighted by molar-refractivity contribution is -0.176. The zero-order chi connectivity index (χ0) is 18.3. The van der Waals surface area contributed by atoms with Crippen LogP contribution in [-0.2, 0) is 9.53 Å². The molecule has 3 fully saturated rings. The van der Waals surface area contributed by atoms with E-state index in [-0.39, 0.29) is 18.0 Å². The minimum absolute atomic E-state index is 0.0656. The highest BCUT2D eigenvalue weighted by atomic mass is 19.2. The molecule has 2 saturated carbocycles. The van der Waals surface area contributed by atoms with Crippen LogP contribution in [0.15, 0.2) is 12.1 Å². The quantitative estimate of drug-likeness (QED) is 0.522. The van der Waals surface area contributed by atoms with E-state index in [1.54, 1.807) is 0 Å². The second kappa shape index (κ2) is 7.24. The van der Waals surface area contributed by atoms with Gasteiger partial charge in [-0.2, -0.15) is 0 Å². The van der Waals surface area contributed by atoms with E-state index in [1.807, 2.05) is 0 Å². The Balaban J connectivity index is 1.28. The van der Waals surface area contributed by atoms with E-state index in [9.17, 15) is 18.0 Å². The minimum atomic E-state index is -1.38. The van der Waals surface area contributed by atoms with Crippen molar-refractivity contribution in [3.63, 3.8) is 0 Å². The van der Waals surface area contributed by atoms with Gasteiger partial charge in [0.15, 0.2) is 17.5 Å². The molecule has 5 heteroatoms. The summed E-state index contributed by atoms with van der Waals surface area (Å²) in [4.78, 5) is 11.0. The summed E-state index contributed by atoms with van der Waals surface area (Å²) < 4.78 is 45.3. The van der Waals surface area contributed by atoms with Gasteiger partial charge in [0.05, 0.1) is 6.42 Å². The van der Waals surface area contributed by atoms with Gasteiger partial charge in [0, 0.05) is 0 Å². The van der Waals surface area contributed by atoms with E-state index >= 15 is 0 Å². The highest BCUT2D eigenvalue weighted by molar-refractivity contribution is 5.75. The molecule has 2 aliphatic carbocycles. The molecule has 1 atom stereocenters. The van der Waals surface area contributed by atoms with Gasteiger partial charge in [0.25, 0.3) is 0 Å². The molecule has 1 aromatic carbocycles. The molecule has 0 spiro atoms. The molecule has 0 N–H and O–H groups in total. The molecule has 1 aromatic rings. The summed E-state index contributed by atoms with van der Waals surface area (Å²) in [6, 6.07) is 2.32. The molecule has 3 aliphatic rings. The fraction of sp³-hybridized carbons (Fsp3) is 0.667. The lowest BCUT2D eigenvalue weighted by Gasteiger charge is -2.41. The summed E-state index contributed by atoms with van der Waals surface area (Å²) >= 11 is 0. The van der Waals surface area contributed by atoms with Crippen molar-refractivity contribution in [3.05, 3.63) is 35.1 Å². The normalized spacial score (nSPS) is 34.9. The molecule has 0 bridgehead atoms. The topological polar surface area (TPSA) is 26.3 Å². The highest BCUT2D eigenvalue weighted by Crippen LogP contribution is 2.45. The molecule has 2 nitrogen and oxygen atoms in total. The van der Waals surface area contributed by atoms with E-state index in [0.717, 1.165) is 50.7 Å². The van der Waals surface area contributed by atoms with Gasteiger partial charge in [0.2, 0.25) is 0 Å². The fourth-order valence-corrected chi connectivity index (χ4v) is 5.31. The summed E-state index contributed by atoms with van der Waals surface area (Å²) in [5.41, 5.74) is 0.593. The summed E-state index contributed by atoms with van der Waals surface area (Å²) in [6.45, 7) is 0. The molecule has 1 unspecified atom stereocenters. The average molecular weight is 366 g/mol. The number of carbonyl (C=O) groups is 1. The number of rotatable bonds is 3. The zero-order valence-electron chi connectivity index (χ0n) is 14.9. The van der Waals surface area contributed by atoms with Crippen molar-refractivity contribution in [2.45, 2.75) is 69.8 Å². The molecule has 0 amide bonds. The Kier molecular flexibility index (Phi) is 4.98. The molecule has 1 saturated heterocycles. The van der Waals surface area contributed by atoms with E-state index in [0.29, 0.717) is 29.7 Å². The second-order valence-corrected chi connectivity index (χ2v) is 8.32. The fourth-order valence-electron chi connectivity index (χ4n) is 5.31. The monoisotopic (exact) mass is 366 g/mol. The van der Waals surface area contributed by atoms with Gasteiger partial charge in [-0.25, -0.2) is 13.2 Å². The van der Waals surface area contributed by atoms with Crippen LogP contribution >= 0.6 is 0 Å². The number of esters is 1. The number of halogens is 3. The van der Waals surface area contributed by atoms with Crippen molar-refractivity contribution in [2.24, 2.45) is 17.8 Å². The van der Waals surface area contributed by atoms with Gasteiger partial charge in [-0.1, -0.05) is 0 Å². The van der Waals surface area contributed by atoms with Crippen molar-refractivity contribution in [1.29, 1.82) is 0 Å². The Bertz CT molecular complexity index is 643. The number of carbonyl (C=O) groups excluding carboxylic acids is 1. The van der Waals surface area contributed by atoms with Crippen LogP contribution in [0.25, 0.3) is 0 Å². The predicted molar refractivity (Wildman–Crippen MR) is 91.0 cm³/mol. The average Bonchev–Trinajstić information content (AvgIpc) is 2.63. The molecule has 1 heterocycles. The molecule has 0 aromatic heterocycles. The zero-order valence-corrected chi connectivity index (χ0v) is 14.9. The minimum Gasteiger partial charge on any atom is -0.461 e. The predicted octanol–water partition coefficient (Wildman–Crippen LogP) is 5.50. The maximum atomic E-state index is 13.5. The smallest absolute Gasteiger partial charge is 0.309 e. The summed E-state index contributed by atoms with van der Waals surface area (Å²) in [6.07, 6.45) is 9.35. The highest BCUT2D eigenvalue weighted by Gasteiger charge is 2.39. The summed E-state index contributed by atoms with van der Waals surface area (Å²) in [7, 11) is 0. The van der Waals surface area contributed by atoms with Gasteiger partial charge in [0.1, 0.15) is 6.10 Å². The van der Waals surface area contributed by atoms with Crippen LogP contribution in [0.1, 0.15) is 69.3 Å². The number of hydrogen-bond donors (Lipinski definition) is 0. The maximum absolute atomic E-state index is 13.5. The first-order valence-corrected chi connectivity index (χ1v) is 9.85. The van der Waals surface area contributed by atoms with E-state index < -0.39 is 17.5 Å². The van der Waals surface area contributed by atoms with Gasteiger partial charge < -0.3 is 4.74 Å². The Morgan fingerprint density at radius 3 is 1.73 bits per heavy atom. The molecular formula is C21H25F3O2. The van der Waals surface area contributed by atoms with Crippen LogP contribution in [0.5, 0.6) is 0 Å². The third kappa shape index (κ3) is 3.49. The summed E-state index contributed by atoms with van der Waals surface area (Å²) in [5, 5.41) is 0. The van der Waals surface area contributed by atoms with Crippen LogP contribution in [0.3, 0.4) is 0 Å². The molecule has 4 rings (SSSR count). The van der Waals surface area contributed by atoms with Crippen molar-refractivity contribution >= 4 is 5.97 Å². The van der Waals surface area contributed by atoms with Crippen molar-refractivity contribution in [3.8, 4) is 0 Å². The second-order valence-electron chi connectivity index (χ2n) is 8.32. The number of benzene rings is 1. The van der Waals surface area contributed by atoms with E-state index in [4.69, 9.17) is 4.74 Å². The van der Waals surface area contributed by atoms with E-state index in [2.05, 4.69) is 0 Å². The first-order valence-electron chi connectivity index (χ1n) is 9.85. The third-order valence-electron chi connectivity index (χ3n) is 6.91. The first-order chi connectivity index (χ1) is 12.5. The molecular weight excluding hydrogens is 341 g/mol. The number of cyclic esters (lactones) is 1. The van der Waals surface area contributed by atoms with Gasteiger partial charge in [-0.3, -0.25) is 4.79 Å². The molecule has 142 valence electrons. The molecule has 26 heavy (non-hydrogen) atoms. The van der Waals surface area contributed by atoms with Gasteiger partial charge in [-0.05, 0) is 92.7 Å². The Morgan fingerprint density at radius 1 is 0.769 bits per heavy atom. The van der Waals surface area contributed by atoms with Gasteiger partial charge >= 0.3 is 5.97 Å². The summed E-state index contributed by atoms with van der Waals surface area (Å²) in [5.74, 6) is -1.57. The van der Waals surface area contributed by atoms with Crippen LogP contribution in [0.4, 0.5) is 13.2 Å². The largest absolute Gasteiger partial charge is 0.461 e. The Morgan fingerprint density at radius 2 is 1.23 bits per heavy atom. The lowest BCUT2D eigenvalue weighted by atomic mass is 9.67. The van der Waals surface area contributed by atoms with Crippen molar-refractivity contribution < 1.29 is 22.7 Å². The van der Waals surface area contributed by atoms with Gasteiger partial charge in [-0.15, -0.1) is 0 Å². The van der Waals surface area contributed by atoms with Crippen LogP contribution < -0.4 is 0 Å². The third-order valence-corrected chi connectivity index (χ3v) is 6.91. The van der Waals surface area contributed by atoms with Crippen molar-refractivity contribution in [2.75, 3.05) is 0 Å². The Hall–Kier alpha value is -1.52. The number of hydrogen-bond acceptors (Lipinski definition) is 2. The molecule has 1 aliphatic heterocycles. The van der Waals surface area contributed by atoms with E-state index in [1.165, 1.54) is 12.8 Å².